The number of rotatable bonds is 3. The van der Waals surface area contributed by atoms with Gasteiger partial charge in [-0.25, -0.2) is 0 Å². The lowest BCUT2D eigenvalue weighted by atomic mass is 9.87. The van der Waals surface area contributed by atoms with Crippen molar-refractivity contribution in [2.45, 2.75) is 38.1 Å². The molecule has 1 atom stereocenters. The van der Waals surface area contributed by atoms with Gasteiger partial charge in [0, 0.05) is 19.0 Å². The second kappa shape index (κ2) is 7.22. The number of fused-ring (bicyclic) bond motifs is 2. The van der Waals surface area contributed by atoms with Crippen LogP contribution in [0, 0.1) is 5.92 Å². The van der Waals surface area contributed by atoms with Crippen molar-refractivity contribution in [3.05, 3.63) is 53.9 Å². The minimum absolute atomic E-state index is 0.0731. The molecule has 3 aromatic rings. The molecular weight excluding hydrogens is 352 g/mol. The van der Waals surface area contributed by atoms with Gasteiger partial charge >= 0.3 is 0 Å². The summed E-state index contributed by atoms with van der Waals surface area (Å²) in [6.45, 7) is 1.67. The summed E-state index contributed by atoms with van der Waals surface area (Å²) in [5.74, 6) is 1.18. The third-order valence-electron chi connectivity index (χ3n) is 6.02. The molecule has 1 fully saturated rings. The topological polar surface area (TPSA) is 75.4 Å². The molecule has 0 saturated carbocycles. The summed E-state index contributed by atoms with van der Waals surface area (Å²) in [5.41, 5.74) is 3.42. The van der Waals surface area contributed by atoms with Crippen LogP contribution in [0.4, 0.5) is 5.82 Å². The Hall–Kier alpha value is -2.96. The van der Waals surface area contributed by atoms with Gasteiger partial charge in [-0.05, 0) is 55.4 Å². The number of aryl methyl sites for hydroxylation is 1. The molecule has 0 radical (unpaired) electrons. The van der Waals surface area contributed by atoms with Gasteiger partial charge in [-0.15, -0.1) is 15.3 Å². The Balaban J connectivity index is 1.21. The highest BCUT2D eigenvalue weighted by Crippen LogP contribution is 2.30. The van der Waals surface area contributed by atoms with E-state index in [0.29, 0.717) is 0 Å². The molecule has 3 heterocycles. The number of anilines is 1. The Morgan fingerprint density at radius 3 is 2.82 bits per heavy atom. The zero-order chi connectivity index (χ0) is 18.9. The molecule has 1 aliphatic heterocycles. The number of benzene rings is 1. The second-order valence-electron chi connectivity index (χ2n) is 7.74. The average Bonchev–Trinajstić information content (AvgIpc) is 3.22. The van der Waals surface area contributed by atoms with Crippen LogP contribution in [-0.2, 0) is 11.2 Å². The number of amides is 1. The molecule has 2 aromatic heterocycles. The fraction of sp³-hybridized carbons (Fsp3) is 0.429. The number of hydrogen-bond acceptors (Lipinski definition) is 5. The maximum atomic E-state index is 12.9. The van der Waals surface area contributed by atoms with Crippen LogP contribution in [0.2, 0.25) is 0 Å². The van der Waals surface area contributed by atoms with E-state index < -0.39 is 0 Å². The summed E-state index contributed by atoms with van der Waals surface area (Å²) in [7, 11) is 0. The van der Waals surface area contributed by atoms with Crippen LogP contribution >= 0.6 is 0 Å². The normalized spacial score (nSPS) is 20.1. The smallest absolute Gasteiger partial charge is 0.223 e. The molecule has 1 aromatic carbocycles. The number of carbonyl (C=O) groups excluding carboxylic acids is 1. The van der Waals surface area contributed by atoms with E-state index in [-0.39, 0.29) is 17.9 Å². The summed E-state index contributed by atoms with van der Waals surface area (Å²) < 4.78 is 1.69. The fourth-order valence-electron chi connectivity index (χ4n) is 4.45. The quantitative estimate of drug-likeness (QED) is 0.760. The minimum atomic E-state index is 0.0731. The van der Waals surface area contributed by atoms with Crippen molar-refractivity contribution in [2.24, 2.45) is 5.92 Å². The summed E-state index contributed by atoms with van der Waals surface area (Å²) in [4.78, 5) is 15.1. The highest BCUT2D eigenvalue weighted by Gasteiger charge is 2.29. The number of carbonyl (C=O) groups is 1. The Labute approximate surface area is 163 Å². The van der Waals surface area contributed by atoms with Crippen LogP contribution in [0.3, 0.4) is 0 Å². The fourth-order valence-corrected chi connectivity index (χ4v) is 4.45. The molecule has 1 N–H and O–H groups in total. The Bertz CT molecular complexity index is 991. The van der Waals surface area contributed by atoms with Crippen molar-refractivity contribution in [1.82, 2.24) is 25.1 Å². The van der Waals surface area contributed by atoms with Crippen LogP contribution in [0.1, 0.15) is 42.9 Å². The van der Waals surface area contributed by atoms with Gasteiger partial charge in [0.1, 0.15) is 12.1 Å². The Morgan fingerprint density at radius 1 is 1.07 bits per heavy atom. The molecule has 0 spiro atoms. The van der Waals surface area contributed by atoms with Crippen LogP contribution in [0.15, 0.2) is 42.7 Å². The van der Waals surface area contributed by atoms with Gasteiger partial charge in [0.05, 0.1) is 6.04 Å². The van der Waals surface area contributed by atoms with Gasteiger partial charge in [-0.2, -0.15) is 4.52 Å². The van der Waals surface area contributed by atoms with E-state index in [2.05, 4.69) is 49.8 Å². The van der Waals surface area contributed by atoms with E-state index in [1.54, 1.807) is 10.8 Å². The number of piperidine rings is 1. The van der Waals surface area contributed by atoms with Gasteiger partial charge in [-0.3, -0.25) is 4.79 Å². The number of nitrogens with zero attached hydrogens (tertiary/aromatic N) is 5. The van der Waals surface area contributed by atoms with Gasteiger partial charge in [0.25, 0.3) is 0 Å². The van der Waals surface area contributed by atoms with Crippen LogP contribution in [0.5, 0.6) is 0 Å². The molecule has 1 aliphatic carbocycles. The first-order chi connectivity index (χ1) is 13.8. The Kier molecular flexibility index (Phi) is 4.43. The van der Waals surface area contributed by atoms with E-state index in [1.165, 1.54) is 11.1 Å². The lowest BCUT2D eigenvalue weighted by molar-refractivity contribution is -0.126. The molecule has 1 unspecified atom stereocenters. The SMILES string of the molecule is O=C(NC1CCCc2ccccc21)C1CCN(c2ccc3nncn3n2)CC1. The lowest BCUT2D eigenvalue weighted by Crippen LogP contribution is -2.42. The van der Waals surface area contributed by atoms with Crippen molar-refractivity contribution in [1.29, 1.82) is 0 Å². The van der Waals surface area contributed by atoms with Crippen LogP contribution in [-0.4, -0.2) is 38.8 Å². The minimum Gasteiger partial charge on any atom is -0.355 e. The lowest BCUT2D eigenvalue weighted by Gasteiger charge is -2.33. The third-order valence-corrected chi connectivity index (χ3v) is 6.02. The van der Waals surface area contributed by atoms with E-state index in [0.717, 1.165) is 56.7 Å². The van der Waals surface area contributed by atoms with E-state index >= 15 is 0 Å². The number of hydrogen-bond donors (Lipinski definition) is 1. The van der Waals surface area contributed by atoms with Crippen molar-refractivity contribution < 1.29 is 4.79 Å². The van der Waals surface area contributed by atoms with Gasteiger partial charge in [0.2, 0.25) is 5.91 Å². The van der Waals surface area contributed by atoms with Gasteiger partial charge < -0.3 is 10.2 Å². The third kappa shape index (κ3) is 3.21. The Morgan fingerprint density at radius 2 is 1.93 bits per heavy atom. The number of nitrogens with one attached hydrogen (secondary N) is 1. The van der Waals surface area contributed by atoms with Crippen molar-refractivity contribution in [2.75, 3.05) is 18.0 Å². The predicted molar refractivity (Wildman–Crippen MR) is 106 cm³/mol. The summed E-state index contributed by atoms with van der Waals surface area (Å²) in [5, 5.41) is 15.8. The number of aromatic nitrogens is 4. The van der Waals surface area contributed by atoms with Crippen molar-refractivity contribution >= 4 is 17.4 Å². The van der Waals surface area contributed by atoms with Crippen LogP contribution < -0.4 is 10.2 Å². The van der Waals surface area contributed by atoms with E-state index in [9.17, 15) is 4.79 Å². The maximum Gasteiger partial charge on any atom is 0.223 e. The molecule has 28 heavy (non-hydrogen) atoms. The predicted octanol–water partition coefficient (Wildman–Crippen LogP) is 2.53. The molecule has 2 aliphatic rings. The first kappa shape index (κ1) is 17.2. The van der Waals surface area contributed by atoms with Crippen molar-refractivity contribution in [3.63, 3.8) is 0 Å². The zero-order valence-electron chi connectivity index (χ0n) is 15.8. The van der Waals surface area contributed by atoms with Crippen LogP contribution in [0.25, 0.3) is 5.65 Å². The van der Waals surface area contributed by atoms with Gasteiger partial charge in [0.15, 0.2) is 5.65 Å². The molecule has 1 saturated heterocycles. The monoisotopic (exact) mass is 376 g/mol. The molecule has 7 heteroatoms. The van der Waals surface area contributed by atoms with Gasteiger partial charge in [-0.1, -0.05) is 24.3 Å². The van der Waals surface area contributed by atoms with E-state index in [1.807, 2.05) is 12.1 Å². The highest BCUT2D eigenvalue weighted by molar-refractivity contribution is 5.79. The largest absolute Gasteiger partial charge is 0.355 e. The first-order valence-electron chi connectivity index (χ1n) is 10.1. The molecule has 5 rings (SSSR count). The molecule has 0 bridgehead atoms. The first-order valence-corrected chi connectivity index (χ1v) is 10.1. The zero-order valence-corrected chi connectivity index (χ0v) is 15.8. The maximum absolute atomic E-state index is 12.9. The molecular formula is C21H24N6O. The summed E-state index contributed by atoms with van der Waals surface area (Å²) in [6.07, 6.45) is 6.60. The average molecular weight is 376 g/mol. The molecule has 1 amide bonds. The molecule has 7 nitrogen and oxygen atoms in total. The second-order valence-corrected chi connectivity index (χ2v) is 7.74. The van der Waals surface area contributed by atoms with E-state index in [4.69, 9.17) is 0 Å². The van der Waals surface area contributed by atoms with Crippen molar-refractivity contribution in [3.8, 4) is 0 Å². The summed E-state index contributed by atoms with van der Waals surface area (Å²) in [6, 6.07) is 12.6. The highest BCUT2D eigenvalue weighted by atomic mass is 16.1. The molecule has 144 valence electrons. The summed E-state index contributed by atoms with van der Waals surface area (Å²) >= 11 is 0. The standard InChI is InChI=1S/C21H24N6O/c28-21(23-18-7-3-5-15-4-1-2-6-17(15)18)16-10-12-26(13-11-16)20-9-8-19-24-22-14-27(19)25-20/h1-2,4,6,8-9,14,16,18H,3,5,7,10-13H2,(H,23,28).